The van der Waals surface area contributed by atoms with E-state index in [0.717, 1.165) is 32.1 Å². The van der Waals surface area contributed by atoms with Crippen LogP contribution in [0.15, 0.2) is 18.2 Å². The SMILES string of the molecule is O=C(Cc1ccc2c(c1)CCN(C1CCCC1)C2)N1CCCCC1. The van der Waals surface area contributed by atoms with Crippen LogP contribution in [0.4, 0.5) is 0 Å². The van der Waals surface area contributed by atoms with Crippen molar-refractivity contribution in [1.29, 1.82) is 0 Å². The molecule has 1 amide bonds. The molecule has 0 N–H and O–H groups in total. The van der Waals surface area contributed by atoms with Crippen molar-refractivity contribution in [3.63, 3.8) is 0 Å². The van der Waals surface area contributed by atoms with Gasteiger partial charge in [-0.3, -0.25) is 9.69 Å². The highest BCUT2D eigenvalue weighted by molar-refractivity contribution is 5.79. The zero-order chi connectivity index (χ0) is 16.4. The van der Waals surface area contributed by atoms with Crippen molar-refractivity contribution in [3.8, 4) is 0 Å². The van der Waals surface area contributed by atoms with E-state index in [0.29, 0.717) is 12.3 Å². The number of hydrogen-bond donors (Lipinski definition) is 0. The first kappa shape index (κ1) is 16.1. The molecule has 0 radical (unpaired) electrons. The molecule has 3 heteroatoms. The Morgan fingerprint density at radius 3 is 2.54 bits per heavy atom. The second kappa shape index (κ2) is 7.26. The van der Waals surface area contributed by atoms with Crippen LogP contribution in [0, 0.1) is 0 Å². The van der Waals surface area contributed by atoms with Crippen molar-refractivity contribution in [3.05, 3.63) is 34.9 Å². The fourth-order valence-electron chi connectivity index (χ4n) is 4.75. The lowest BCUT2D eigenvalue weighted by Crippen LogP contribution is -2.38. The van der Waals surface area contributed by atoms with E-state index in [-0.39, 0.29) is 0 Å². The van der Waals surface area contributed by atoms with Crippen LogP contribution in [0.1, 0.15) is 61.6 Å². The molecule has 0 unspecified atom stereocenters. The highest BCUT2D eigenvalue weighted by atomic mass is 16.2. The molecule has 3 nitrogen and oxygen atoms in total. The topological polar surface area (TPSA) is 23.6 Å². The molecule has 1 aliphatic carbocycles. The number of benzene rings is 1. The second-order valence-corrected chi connectivity index (χ2v) is 7.88. The van der Waals surface area contributed by atoms with E-state index in [9.17, 15) is 4.79 Å². The van der Waals surface area contributed by atoms with E-state index in [4.69, 9.17) is 0 Å². The number of likely N-dealkylation sites (tertiary alicyclic amines) is 1. The van der Waals surface area contributed by atoms with Crippen molar-refractivity contribution < 1.29 is 4.79 Å². The van der Waals surface area contributed by atoms with Crippen LogP contribution in [-0.4, -0.2) is 41.4 Å². The van der Waals surface area contributed by atoms with E-state index < -0.39 is 0 Å². The minimum absolute atomic E-state index is 0.318. The number of carbonyl (C=O) groups excluding carboxylic acids is 1. The molecule has 0 spiro atoms. The highest BCUT2D eigenvalue weighted by Gasteiger charge is 2.26. The minimum Gasteiger partial charge on any atom is -0.342 e. The largest absolute Gasteiger partial charge is 0.342 e. The summed E-state index contributed by atoms with van der Waals surface area (Å²) in [5, 5.41) is 0. The van der Waals surface area contributed by atoms with Gasteiger partial charge in [-0.1, -0.05) is 31.0 Å². The first-order valence-corrected chi connectivity index (χ1v) is 9.92. The predicted molar refractivity (Wildman–Crippen MR) is 96.9 cm³/mol. The monoisotopic (exact) mass is 326 g/mol. The Balaban J connectivity index is 1.39. The summed E-state index contributed by atoms with van der Waals surface area (Å²) in [5.74, 6) is 0.318. The summed E-state index contributed by atoms with van der Waals surface area (Å²) >= 11 is 0. The van der Waals surface area contributed by atoms with Gasteiger partial charge in [-0.15, -0.1) is 0 Å². The Kier molecular flexibility index (Phi) is 4.88. The lowest BCUT2D eigenvalue weighted by molar-refractivity contribution is -0.131. The van der Waals surface area contributed by atoms with Gasteiger partial charge in [-0.05, 0) is 55.2 Å². The molecule has 4 rings (SSSR count). The minimum atomic E-state index is 0.318. The van der Waals surface area contributed by atoms with Gasteiger partial charge in [-0.2, -0.15) is 0 Å². The number of nitrogens with zero attached hydrogens (tertiary/aromatic N) is 2. The fraction of sp³-hybridized carbons (Fsp3) is 0.667. The molecule has 24 heavy (non-hydrogen) atoms. The van der Waals surface area contributed by atoms with Gasteiger partial charge in [0.2, 0.25) is 5.91 Å². The fourth-order valence-corrected chi connectivity index (χ4v) is 4.75. The van der Waals surface area contributed by atoms with Crippen LogP contribution in [0.2, 0.25) is 0 Å². The van der Waals surface area contributed by atoms with Gasteiger partial charge in [0.15, 0.2) is 0 Å². The highest BCUT2D eigenvalue weighted by Crippen LogP contribution is 2.29. The molecular formula is C21H30N2O. The molecule has 2 aliphatic heterocycles. The summed E-state index contributed by atoms with van der Waals surface area (Å²) in [5.41, 5.74) is 4.18. The third kappa shape index (κ3) is 3.51. The van der Waals surface area contributed by atoms with E-state index in [2.05, 4.69) is 28.0 Å². The van der Waals surface area contributed by atoms with E-state index in [1.54, 1.807) is 0 Å². The number of carbonyl (C=O) groups is 1. The molecule has 0 aromatic heterocycles. The molecule has 0 atom stereocenters. The maximum atomic E-state index is 12.5. The normalized spacial score (nSPS) is 22.6. The zero-order valence-electron chi connectivity index (χ0n) is 14.8. The van der Waals surface area contributed by atoms with Crippen molar-refractivity contribution in [1.82, 2.24) is 9.80 Å². The quantitative estimate of drug-likeness (QED) is 0.848. The second-order valence-electron chi connectivity index (χ2n) is 7.88. The molecule has 0 bridgehead atoms. The molecule has 1 aromatic carbocycles. The summed E-state index contributed by atoms with van der Waals surface area (Å²) < 4.78 is 0. The van der Waals surface area contributed by atoms with E-state index >= 15 is 0 Å². The first-order chi connectivity index (χ1) is 11.8. The molecular weight excluding hydrogens is 296 g/mol. The van der Waals surface area contributed by atoms with Gasteiger partial charge < -0.3 is 4.90 Å². The van der Waals surface area contributed by atoms with Gasteiger partial charge in [0.1, 0.15) is 0 Å². The zero-order valence-corrected chi connectivity index (χ0v) is 14.8. The lowest BCUT2D eigenvalue weighted by atomic mass is 9.95. The maximum Gasteiger partial charge on any atom is 0.226 e. The van der Waals surface area contributed by atoms with Crippen molar-refractivity contribution >= 4 is 5.91 Å². The van der Waals surface area contributed by atoms with Crippen molar-refractivity contribution in [2.24, 2.45) is 0 Å². The predicted octanol–water partition coefficient (Wildman–Crippen LogP) is 3.54. The van der Waals surface area contributed by atoms with Gasteiger partial charge >= 0.3 is 0 Å². The van der Waals surface area contributed by atoms with Crippen LogP contribution in [0.3, 0.4) is 0 Å². The first-order valence-electron chi connectivity index (χ1n) is 9.92. The Hall–Kier alpha value is -1.35. The Morgan fingerprint density at radius 1 is 0.958 bits per heavy atom. The average Bonchev–Trinajstić information content (AvgIpc) is 3.17. The number of piperidine rings is 1. The van der Waals surface area contributed by atoms with Gasteiger partial charge in [-0.25, -0.2) is 0 Å². The van der Waals surface area contributed by atoms with Crippen LogP contribution in [0.25, 0.3) is 0 Å². The Morgan fingerprint density at radius 2 is 1.75 bits per heavy atom. The van der Waals surface area contributed by atoms with Gasteiger partial charge in [0, 0.05) is 32.2 Å². The number of amides is 1. The van der Waals surface area contributed by atoms with Gasteiger partial charge in [0.05, 0.1) is 6.42 Å². The Bertz CT molecular complexity index is 586. The molecule has 1 saturated carbocycles. The number of fused-ring (bicyclic) bond motifs is 1. The molecule has 1 saturated heterocycles. The third-order valence-electron chi connectivity index (χ3n) is 6.22. The summed E-state index contributed by atoms with van der Waals surface area (Å²) in [7, 11) is 0. The standard InChI is InChI=1S/C21H30N2O/c24-21(22-11-4-1-5-12-22)15-17-8-9-19-16-23(13-10-18(19)14-17)20-6-2-3-7-20/h8-9,14,20H,1-7,10-13,15-16H2. The number of rotatable bonds is 3. The average molecular weight is 326 g/mol. The summed E-state index contributed by atoms with van der Waals surface area (Å²) in [4.78, 5) is 17.2. The van der Waals surface area contributed by atoms with E-state index in [1.807, 2.05) is 0 Å². The van der Waals surface area contributed by atoms with Crippen LogP contribution in [0.5, 0.6) is 0 Å². The third-order valence-corrected chi connectivity index (χ3v) is 6.22. The van der Waals surface area contributed by atoms with Crippen LogP contribution >= 0.6 is 0 Å². The molecule has 130 valence electrons. The smallest absolute Gasteiger partial charge is 0.226 e. The van der Waals surface area contributed by atoms with E-state index in [1.165, 1.54) is 68.2 Å². The molecule has 3 aliphatic rings. The molecule has 1 aromatic rings. The molecule has 2 heterocycles. The van der Waals surface area contributed by atoms with Crippen molar-refractivity contribution in [2.75, 3.05) is 19.6 Å². The van der Waals surface area contributed by atoms with Crippen LogP contribution < -0.4 is 0 Å². The maximum absolute atomic E-state index is 12.5. The summed E-state index contributed by atoms with van der Waals surface area (Å²) in [6.45, 7) is 4.22. The summed E-state index contributed by atoms with van der Waals surface area (Å²) in [6, 6.07) is 7.61. The summed E-state index contributed by atoms with van der Waals surface area (Å²) in [6.07, 6.45) is 10.9. The van der Waals surface area contributed by atoms with Crippen molar-refractivity contribution in [2.45, 2.75) is 70.4 Å². The van der Waals surface area contributed by atoms with Crippen LogP contribution in [-0.2, 0) is 24.2 Å². The number of hydrogen-bond acceptors (Lipinski definition) is 2. The molecule has 2 fully saturated rings. The Labute approximate surface area is 146 Å². The lowest BCUT2D eigenvalue weighted by Gasteiger charge is -2.34. The van der Waals surface area contributed by atoms with Gasteiger partial charge in [0.25, 0.3) is 0 Å².